The van der Waals surface area contributed by atoms with Gasteiger partial charge in [0.2, 0.25) is 0 Å². The minimum absolute atomic E-state index is 0.253. The number of anilines is 1. The molecule has 1 aromatic heterocycles. The number of aryl methyl sites for hydroxylation is 1. The normalized spacial score (nSPS) is 17.3. The van der Waals surface area contributed by atoms with Crippen molar-refractivity contribution in [3.63, 3.8) is 0 Å². The van der Waals surface area contributed by atoms with Crippen LogP contribution in [0.15, 0.2) is 0 Å². The number of carboxylic acid groups (broad SMARTS) is 1. The Hall–Kier alpha value is -1.61. The number of carbonyl (C=O) groups is 1. The van der Waals surface area contributed by atoms with Gasteiger partial charge >= 0.3 is 5.97 Å². The van der Waals surface area contributed by atoms with E-state index in [0.717, 1.165) is 22.1 Å². The van der Waals surface area contributed by atoms with Gasteiger partial charge in [-0.15, -0.1) is 11.3 Å². The molecule has 1 heterocycles. The first kappa shape index (κ1) is 13.8. The highest BCUT2D eigenvalue weighted by molar-refractivity contribution is 7.15. The predicted octanol–water partition coefficient (Wildman–Crippen LogP) is 2.39. The number of nitrogens with zero attached hydrogens (tertiary/aromatic N) is 3. The van der Waals surface area contributed by atoms with E-state index in [2.05, 4.69) is 29.8 Å². The first-order valence-electron chi connectivity index (χ1n) is 6.40. The van der Waals surface area contributed by atoms with E-state index in [0.29, 0.717) is 19.4 Å². The van der Waals surface area contributed by atoms with Crippen molar-refractivity contribution in [2.75, 3.05) is 11.4 Å². The number of carboxylic acids is 1. The van der Waals surface area contributed by atoms with E-state index in [1.54, 1.807) is 11.3 Å². The Morgan fingerprint density at radius 3 is 3.00 bits per heavy atom. The topological polar surface area (TPSA) is 77.2 Å². The van der Waals surface area contributed by atoms with Crippen LogP contribution in [-0.2, 0) is 11.2 Å². The van der Waals surface area contributed by atoms with Crippen molar-refractivity contribution in [2.24, 2.45) is 0 Å². The molecule has 19 heavy (non-hydrogen) atoms. The fourth-order valence-electron chi connectivity index (χ4n) is 2.32. The van der Waals surface area contributed by atoms with Gasteiger partial charge in [-0.25, -0.2) is 4.98 Å². The number of hydrogen-bond acceptors (Lipinski definition) is 5. The number of nitriles is 1. The van der Waals surface area contributed by atoms with Crippen molar-refractivity contribution in [3.05, 3.63) is 10.6 Å². The van der Waals surface area contributed by atoms with Crippen molar-refractivity contribution in [3.8, 4) is 6.07 Å². The van der Waals surface area contributed by atoms with Crippen molar-refractivity contribution >= 4 is 22.4 Å². The monoisotopic (exact) mass is 279 g/mol. The first-order valence-corrected chi connectivity index (χ1v) is 7.22. The van der Waals surface area contributed by atoms with Gasteiger partial charge in [0.05, 0.1) is 18.2 Å². The van der Waals surface area contributed by atoms with E-state index in [9.17, 15) is 4.79 Å². The molecule has 1 aliphatic rings. The summed E-state index contributed by atoms with van der Waals surface area (Å²) in [6, 6.07) is 2.39. The van der Waals surface area contributed by atoms with Crippen LogP contribution >= 0.6 is 11.3 Å². The maximum absolute atomic E-state index is 11.2. The Balaban J connectivity index is 2.24. The zero-order valence-corrected chi connectivity index (χ0v) is 11.9. The summed E-state index contributed by atoms with van der Waals surface area (Å²) in [5.74, 6) is -1.24. The molecule has 0 saturated carbocycles. The third-order valence-electron chi connectivity index (χ3n) is 3.34. The summed E-state index contributed by atoms with van der Waals surface area (Å²) < 4.78 is 0. The lowest BCUT2D eigenvalue weighted by Crippen LogP contribution is -2.31. The van der Waals surface area contributed by atoms with Crippen LogP contribution in [0.2, 0.25) is 0 Å². The summed E-state index contributed by atoms with van der Waals surface area (Å²) in [6.07, 6.45) is 1.91. The van der Waals surface area contributed by atoms with Crippen LogP contribution in [-0.4, -0.2) is 28.6 Å². The van der Waals surface area contributed by atoms with Gasteiger partial charge in [-0.05, 0) is 26.7 Å². The zero-order valence-electron chi connectivity index (χ0n) is 11.1. The summed E-state index contributed by atoms with van der Waals surface area (Å²) in [7, 11) is 0. The maximum Gasteiger partial charge on any atom is 0.312 e. The van der Waals surface area contributed by atoms with Gasteiger partial charge in [-0.3, -0.25) is 4.79 Å². The van der Waals surface area contributed by atoms with E-state index in [-0.39, 0.29) is 6.04 Å². The van der Waals surface area contributed by atoms with Crippen LogP contribution in [0.25, 0.3) is 0 Å². The number of aliphatic carboxylic acids is 1. The lowest BCUT2D eigenvalue weighted by molar-refractivity contribution is -0.138. The Kier molecular flexibility index (Phi) is 4.05. The van der Waals surface area contributed by atoms with Gasteiger partial charge in [-0.2, -0.15) is 5.26 Å². The third-order valence-corrected chi connectivity index (χ3v) is 4.51. The predicted molar refractivity (Wildman–Crippen MR) is 73.5 cm³/mol. The van der Waals surface area contributed by atoms with Gasteiger partial charge in [0.15, 0.2) is 5.13 Å². The van der Waals surface area contributed by atoms with Gasteiger partial charge in [0.25, 0.3) is 0 Å². The van der Waals surface area contributed by atoms with Crippen molar-refractivity contribution in [1.29, 1.82) is 5.26 Å². The molecule has 0 aromatic carbocycles. The molecule has 0 amide bonds. The van der Waals surface area contributed by atoms with Gasteiger partial charge in [0.1, 0.15) is 5.92 Å². The van der Waals surface area contributed by atoms with Crippen LogP contribution in [0.5, 0.6) is 0 Å². The smallest absolute Gasteiger partial charge is 0.312 e. The molecule has 6 heteroatoms. The molecular weight excluding hydrogens is 262 g/mol. The number of fused-ring (bicyclic) bond motifs is 1. The average molecular weight is 279 g/mol. The Morgan fingerprint density at radius 2 is 2.42 bits per heavy atom. The molecule has 0 spiro atoms. The van der Waals surface area contributed by atoms with Gasteiger partial charge in [0, 0.05) is 17.5 Å². The Bertz CT molecular complexity index is 518. The largest absolute Gasteiger partial charge is 0.481 e. The van der Waals surface area contributed by atoms with E-state index in [1.807, 2.05) is 0 Å². The molecule has 1 aromatic rings. The molecule has 102 valence electrons. The molecule has 0 radical (unpaired) electrons. The zero-order chi connectivity index (χ0) is 14.0. The SMILES string of the molecule is CC(C)N(CCC#N)c1nc2c(s1)CCC2C(=O)O. The van der Waals surface area contributed by atoms with E-state index in [4.69, 9.17) is 10.4 Å². The molecule has 0 bridgehead atoms. The molecule has 1 atom stereocenters. The van der Waals surface area contributed by atoms with Crippen LogP contribution in [0.1, 0.15) is 43.2 Å². The molecule has 0 aliphatic heterocycles. The number of thiazole rings is 1. The Labute approximate surface area is 116 Å². The second-order valence-corrected chi connectivity index (χ2v) is 5.99. The summed E-state index contributed by atoms with van der Waals surface area (Å²) in [4.78, 5) is 18.8. The second-order valence-electron chi connectivity index (χ2n) is 4.93. The minimum atomic E-state index is -0.788. The Morgan fingerprint density at radius 1 is 1.68 bits per heavy atom. The highest BCUT2D eigenvalue weighted by Gasteiger charge is 2.33. The third kappa shape index (κ3) is 2.71. The van der Waals surface area contributed by atoms with E-state index in [1.165, 1.54) is 0 Å². The number of hydrogen-bond donors (Lipinski definition) is 1. The van der Waals surface area contributed by atoms with Crippen LogP contribution in [0.3, 0.4) is 0 Å². The lowest BCUT2D eigenvalue weighted by atomic mass is 10.1. The summed E-state index contributed by atoms with van der Waals surface area (Å²) >= 11 is 1.57. The quantitative estimate of drug-likeness (QED) is 0.895. The second kappa shape index (κ2) is 5.57. The fraction of sp³-hybridized carbons (Fsp3) is 0.615. The molecule has 0 saturated heterocycles. The highest BCUT2D eigenvalue weighted by Crippen LogP contribution is 2.39. The molecular formula is C13H17N3O2S. The van der Waals surface area contributed by atoms with Crippen LogP contribution in [0, 0.1) is 11.3 Å². The van der Waals surface area contributed by atoms with E-state index < -0.39 is 11.9 Å². The van der Waals surface area contributed by atoms with Gasteiger partial charge in [-0.1, -0.05) is 0 Å². The highest BCUT2D eigenvalue weighted by atomic mass is 32.1. The van der Waals surface area contributed by atoms with Crippen molar-refractivity contribution in [1.82, 2.24) is 4.98 Å². The summed E-state index contributed by atoms with van der Waals surface area (Å²) in [5, 5.41) is 18.7. The summed E-state index contributed by atoms with van der Waals surface area (Å²) in [5.41, 5.74) is 0.732. The van der Waals surface area contributed by atoms with Crippen molar-refractivity contribution < 1.29 is 9.90 Å². The number of aromatic nitrogens is 1. The van der Waals surface area contributed by atoms with Crippen LogP contribution in [0.4, 0.5) is 5.13 Å². The molecule has 2 rings (SSSR count). The summed E-state index contributed by atoms with van der Waals surface area (Å²) in [6.45, 7) is 4.75. The number of rotatable bonds is 5. The van der Waals surface area contributed by atoms with Crippen molar-refractivity contribution in [2.45, 2.75) is 45.1 Å². The molecule has 1 aliphatic carbocycles. The fourth-order valence-corrected chi connectivity index (χ4v) is 3.62. The van der Waals surface area contributed by atoms with Crippen LogP contribution < -0.4 is 4.90 Å². The molecule has 0 fully saturated rings. The van der Waals surface area contributed by atoms with Gasteiger partial charge < -0.3 is 10.0 Å². The maximum atomic E-state index is 11.2. The average Bonchev–Trinajstić information content (AvgIpc) is 2.88. The minimum Gasteiger partial charge on any atom is -0.481 e. The van der Waals surface area contributed by atoms with E-state index >= 15 is 0 Å². The molecule has 5 nitrogen and oxygen atoms in total. The lowest BCUT2D eigenvalue weighted by Gasteiger charge is -2.25. The molecule has 1 unspecified atom stereocenters. The molecule has 1 N–H and O–H groups in total. The standard InChI is InChI=1S/C13H17N3O2S/c1-8(2)16(7-3-6-14)13-15-11-9(12(17)18)4-5-10(11)19-13/h8-9H,3-5,7H2,1-2H3,(H,17,18). The first-order chi connectivity index (χ1) is 9.04.